The van der Waals surface area contributed by atoms with Crippen LogP contribution in [0.25, 0.3) is 16.8 Å². The number of hydrogen-bond acceptors (Lipinski definition) is 6. The summed E-state index contributed by atoms with van der Waals surface area (Å²) in [4.78, 5) is 20.4. The Kier molecular flexibility index (Phi) is 5.41. The van der Waals surface area contributed by atoms with Crippen LogP contribution in [-0.2, 0) is 12.7 Å². The van der Waals surface area contributed by atoms with Gasteiger partial charge in [0.2, 0.25) is 0 Å². The number of halogens is 6. The van der Waals surface area contributed by atoms with E-state index in [0.717, 1.165) is 29.3 Å². The maximum atomic E-state index is 13.6. The standard InChI is InChI=1S/C19H14F6N8O/c1-9-12(17(34)31-11-5-29-32(6-11)7-18(20,21)22)2-10(4-27-9)14-3-13(19(23,24)25)15-16(26)28-8-30-33(14)15/h2-6,8H,7H2,1H3,(H,31,34)(H2,26,28,30). The second-order valence-corrected chi connectivity index (χ2v) is 7.20. The van der Waals surface area contributed by atoms with Gasteiger partial charge < -0.3 is 11.1 Å². The molecule has 0 aliphatic rings. The molecule has 0 aliphatic carbocycles. The van der Waals surface area contributed by atoms with Crippen LogP contribution in [0.3, 0.4) is 0 Å². The Balaban J connectivity index is 1.70. The van der Waals surface area contributed by atoms with Crippen molar-refractivity contribution < 1.29 is 31.1 Å². The average molecular weight is 484 g/mol. The minimum Gasteiger partial charge on any atom is -0.382 e. The smallest absolute Gasteiger partial charge is 0.382 e. The number of fused-ring (bicyclic) bond motifs is 1. The summed E-state index contributed by atoms with van der Waals surface area (Å²) in [5, 5.41) is 9.78. The molecule has 0 saturated heterocycles. The molecule has 0 aliphatic heterocycles. The molecule has 0 radical (unpaired) electrons. The van der Waals surface area contributed by atoms with E-state index in [0.29, 0.717) is 4.68 Å². The molecule has 178 valence electrons. The zero-order chi connectivity index (χ0) is 24.8. The van der Waals surface area contributed by atoms with E-state index < -0.39 is 35.9 Å². The van der Waals surface area contributed by atoms with Gasteiger partial charge in [-0.1, -0.05) is 0 Å². The van der Waals surface area contributed by atoms with Crippen molar-refractivity contribution in [3.63, 3.8) is 0 Å². The number of amides is 1. The number of alkyl halides is 6. The molecule has 4 heterocycles. The van der Waals surface area contributed by atoms with Gasteiger partial charge in [0.05, 0.1) is 34.4 Å². The monoisotopic (exact) mass is 484 g/mol. The van der Waals surface area contributed by atoms with Gasteiger partial charge in [0, 0.05) is 18.0 Å². The summed E-state index contributed by atoms with van der Waals surface area (Å²) >= 11 is 0. The minimum atomic E-state index is -4.75. The number of carbonyl (C=O) groups excluding carboxylic acids is 1. The Morgan fingerprint density at radius 2 is 1.82 bits per heavy atom. The highest BCUT2D eigenvalue weighted by Gasteiger charge is 2.36. The number of anilines is 2. The Morgan fingerprint density at radius 3 is 2.50 bits per heavy atom. The molecule has 0 bridgehead atoms. The van der Waals surface area contributed by atoms with E-state index in [-0.39, 0.29) is 34.0 Å². The third kappa shape index (κ3) is 4.49. The first kappa shape index (κ1) is 23.0. The zero-order valence-corrected chi connectivity index (χ0v) is 17.1. The maximum absolute atomic E-state index is 13.6. The number of nitrogens with zero attached hydrogens (tertiary/aromatic N) is 6. The summed E-state index contributed by atoms with van der Waals surface area (Å²) in [5.74, 6) is -1.13. The largest absolute Gasteiger partial charge is 0.418 e. The number of aromatic nitrogens is 6. The Hall–Kier alpha value is -4.17. The predicted molar refractivity (Wildman–Crippen MR) is 107 cm³/mol. The predicted octanol–water partition coefficient (Wildman–Crippen LogP) is 3.71. The fourth-order valence-corrected chi connectivity index (χ4v) is 3.29. The molecule has 0 atom stereocenters. The summed E-state index contributed by atoms with van der Waals surface area (Å²) in [6.45, 7) is 0.149. The van der Waals surface area contributed by atoms with Gasteiger partial charge in [-0.2, -0.15) is 36.5 Å². The molecule has 34 heavy (non-hydrogen) atoms. The molecule has 0 aromatic carbocycles. The molecule has 4 aromatic heterocycles. The van der Waals surface area contributed by atoms with Crippen LogP contribution in [0.15, 0.2) is 37.1 Å². The molecule has 4 aromatic rings. The van der Waals surface area contributed by atoms with Gasteiger partial charge in [-0.15, -0.1) is 0 Å². The topological polar surface area (TPSA) is 116 Å². The molecule has 4 rings (SSSR count). The van der Waals surface area contributed by atoms with Crippen LogP contribution in [-0.4, -0.2) is 41.4 Å². The number of rotatable bonds is 4. The van der Waals surface area contributed by atoms with Gasteiger partial charge in [-0.3, -0.25) is 14.5 Å². The first-order valence-electron chi connectivity index (χ1n) is 9.40. The number of hydrogen-bond donors (Lipinski definition) is 2. The number of nitrogen functional groups attached to an aromatic ring is 1. The van der Waals surface area contributed by atoms with E-state index in [4.69, 9.17) is 5.73 Å². The molecule has 1 amide bonds. The Bertz CT molecular complexity index is 1390. The maximum Gasteiger partial charge on any atom is 0.418 e. The number of pyridine rings is 1. The van der Waals surface area contributed by atoms with Crippen molar-refractivity contribution in [3.8, 4) is 11.3 Å². The molecule has 3 N–H and O–H groups in total. The van der Waals surface area contributed by atoms with E-state index >= 15 is 0 Å². The first-order valence-corrected chi connectivity index (χ1v) is 9.40. The van der Waals surface area contributed by atoms with Gasteiger partial charge in [0.25, 0.3) is 5.91 Å². The van der Waals surface area contributed by atoms with Crippen LogP contribution in [0.4, 0.5) is 37.8 Å². The van der Waals surface area contributed by atoms with Crippen LogP contribution >= 0.6 is 0 Å². The van der Waals surface area contributed by atoms with Crippen LogP contribution in [0, 0.1) is 6.92 Å². The highest BCUT2D eigenvalue weighted by atomic mass is 19.4. The Labute approximate surface area is 186 Å². The molecule has 0 fully saturated rings. The van der Waals surface area contributed by atoms with Crippen LogP contribution in [0.5, 0.6) is 0 Å². The van der Waals surface area contributed by atoms with Crippen molar-refractivity contribution in [1.82, 2.24) is 29.4 Å². The summed E-state index contributed by atoms with van der Waals surface area (Å²) in [5.41, 5.74) is 4.40. The van der Waals surface area contributed by atoms with E-state index in [1.54, 1.807) is 0 Å². The van der Waals surface area contributed by atoms with Gasteiger partial charge in [0.1, 0.15) is 18.4 Å². The molecular formula is C19H14F6N8O. The molecule has 0 unspecified atom stereocenters. The third-order valence-electron chi connectivity index (χ3n) is 4.75. The van der Waals surface area contributed by atoms with E-state index in [9.17, 15) is 31.1 Å². The average Bonchev–Trinajstić information content (AvgIpc) is 3.32. The quantitative estimate of drug-likeness (QED) is 0.427. The lowest BCUT2D eigenvalue weighted by Gasteiger charge is -2.09. The summed E-state index contributed by atoms with van der Waals surface area (Å²) in [6.07, 6.45) is -4.98. The van der Waals surface area contributed by atoms with Crippen molar-refractivity contribution in [2.75, 3.05) is 11.1 Å². The van der Waals surface area contributed by atoms with Crippen LogP contribution < -0.4 is 11.1 Å². The number of nitrogens with two attached hydrogens (primary N) is 1. The third-order valence-corrected chi connectivity index (χ3v) is 4.75. The van der Waals surface area contributed by atoms with Crippen molar-refractivity contribution in [1.29, 1.82) is 0 Å². The highest BCUT2D eigenvalue weighted by molar-refractivity contribution is 6.05. The van der Waals surface area contributed by atoms with Gasteiger partial charge in [-0.25, -0.2) is 9.50 Å². The van der Waals surface area contributed by atoms with E-state index in [1.165, 1.54) is 19.2 Å². The fraction of sp³-hybridized carbons (Fsp3) is 0.211. The lowest BCUT2D eigenvalue weighted by atomic mass is 10.1. The molecule has 0 spiro atoms. The normalized spacial score (nSPS) is 12.3. The first-order chi connectivity index (χ1) is 15.8. The fourth-order valence-electron chi connectivity index (χ4n) is 3.29. The lowest BCUT2D eigenvalue weighted by molar-refractivity contribution is -0.142. The van der Waals surface area contributed by atoms with Crippen molar-refractivity contribution >= 4 is 22.9 Å². The molecular weight excluding hydrogens is 470 g/mol. The van der Waals surface area contributed by atoms with Crippen LogP contribution in [0.1, 0.15) is 21.6 Å². The Morgan fingerprint density at radius 1 is 1.09 bits per heavy atom. The molecule has 15 heteroatoms. The molecule has 0 saturated carbocycles. The summed E-state index contributed by atoms with van der Waals surface area (Å²) < 4.78 is 79.7. The summed E-state index contributed by atoms with van der Waals surface area (Å²) in [7, 11) is 0. The lowest BCUT2D eigenvalue weighted by Crippen LogP contribution is -2.18. The highest BCUT2D eigenvalue weighted by Crippen LogP contribution is 2.38. The SMILES string of the molecule is Cc1ncc(-c2cc(C(F)(F)F)c3c(N)ncnn23)cc1C(=O)Nc1cnn(CC(F)(F)F)c1. The van der Waals surface area contributed by atoms with Gasteiger partial charge >= 0.3 is 12.4 Å². The zero-order valence-electron chi connectivity index (χ0n) is 17.1. The van der Waals surface area contributed by atoms with E-state index in [2.05, 4.69) is 25.5 Å². The number of nitrogens with one attached hydrogen (secondary N) is 1. The second-order valence-electron chi connectivity index (χ2n) is 7.20. The van der Waals surface area contributed by atoms with Crippen molar-refractivity contribution in [2.24, 2.45) is 0 Å². The van der Waals surface area contributed by atoms with Gasteiger partial charge in [-0.05, 0) is 19.1 Å². The second kappa shape index (κ2) is 8.00. The van der Waals surface area contributed by atoms with Crippen molar-refractivity contribution in [2.45, 2.75) is 25.8 Å². The van der Waals surface area contributed by atoms with E-state index in [1.807, 2.05) is 0 Å². The van der Waals surface area contributed by atoms with Gasteiger partial charge in [0.15, 0.2) is 5.82 Å². The molecule has 9 nitrogen and oxygen atoms in total. The number of carbonyl (C=O) groups is 1. The van der Waals surface area contributed by atoms with Crippen molar-refractivity contribution in [3.05, 3.63) is 53.9 Å². The number of aryl methyl sites for hydroxylation is 1. The summed E-state index contributed by atoms with van der Waals surface area (Å²) in [6, 6.07) is 2.10. The van der Waals surface area contributed by atoms with Crippen LogP contribution in [0.2, 0.25) is 0 Å². The minimum absolute atomic E-state index is 0.00735.